The van der Waals surface area contributed by atoms with Crippen LogP contribution in [0.1, 0.15) is 30.5 Å². The highest BCUT2D eigenvalue weighted by molar-refractivity contribution is 6.10. The first-order chi connectivity index (χ1) is 9.57. The van der Waals surface area contributed by atoms with Gasteiger partial charge in [0.2, 0.25) is 0 Å². The van der Waals surface area contributed by atoms with Crippen LogP contribution in [0.15, 0.2) is 59.6 Å². The van der Waals surface area contributed by atoms with Crippen LogP contribution in [0.3, 0.4) is 0 Å². The minimum Gasteiger partial charge on any atom is -0.252 e. The maximum atomic E-state index is 4.77. The van der Waals surface area contributed by atoms with E-state index in [0.717, 1.165) is 11.4 Å². The van der Waals surface area contributed by atoms with E-state index in [0.29, 0.717) is 0 Å². The Morgan fingerprint density at radius 2 is 1.75 bits per heavy atom. The van der Waals surface area contributed by atoms with E-state index in [9.17, 15) is 0 Å². The molecule has 0 bridgehead atoms. The second-order valence-electron chi connectivity index (χ2n) is 5.89. The van der Waals surface area contributed by atoms with Crippen molar-refractivity contribution in [3.8, 4) is 0 Å². The molecule has 0 saturated heterocycles. The van der Waals surface area contributed by atoms with E-state index in [-0.39, 0.29) is 5.41 Å². The van der Waals surface area contributed by atoms with Crippen LogP contribution in [-0.4, -0.2) is 5.71 Å². The summed E-state index contributed by atoms with van der Waals surface area (Å²) >= 11 is 0. The molecular formula is C19H19N. The van der Waals surface area contributed by atoms with Gasteiger partial charge in [0.05, 0.1) is 11.4 Å². The molecule has 0 aromatic heterocycles. The van der Waals surface area contributed by atoms with E-state index in [1.807, 2.05) is 6.07 Å². The third kappa shape index (κ3) is 2.20. The van der Waals surface area contributed by atoms with Crippen molar-refractivity contribution in [1.82, 2.24) is 0 Å². The SMILES string of the molecule is Cc1cccc(/C=C/C2=Nc3ccccc3C2(C)C)c1. The fourth-order valence-corrected chi connectivity index (χ4v) is 2.70. The topological polar surface area (TPSA) is 12.4 Å². The van der Waals surface area contributed by atoms with Gasteiger partial charge in [0.25, 0.3) is 0 Å². The summed E-state index contributed by atoms with van der Waals surface area (Å²) in [5, 5.41) is 0. The summed E-state index contributed by atoms with van der Waals surface area (Å²) in [6, 6.07) is 16.9. The zero-order valence-corrected chi connectivity index (χ0v) is 12.2. The molecule has 0 fully saturated rings. The summed E-state index contributed by atoms with van der Waals surface area (Å²) in [5.41, 5.74) is 6.02. The molecule has 0 atom stereocenters. The highest BCUT2D eigenvalue weighted by atomic mass is 14.8. The lowest BCUT2D eigenvalue weighted by Crippen LogP contribution is -2.23. The Bertz CT molecular complexity index is 705. The van der Waals surface area contributed by atoms with E-state index in [4.69, 9.17) is 4.99 Å². The van der Waals surface area contributed by atoms with Crippen molar-refractivity contribution in [2.45, 2.75) is 26.2 Å². The first-order valence-electron chi connectivity index (χ1n) is 7.01. The van der Waals surface area contributed by atoms with Crippen LogP contribution in [-0.2, 0) is 5.41 Å². The van der Waals surface area contributed by atoms with Crippen LogP contribution in [0.5, 0.6) is 0 Å². The zero-order valence-electron chi connectivity index (χ0n) is 12.2. The van der Waals surface area contributed by atoms with Gasteiger partial charge >= 0.3 is 0 Å². The van der Waals surface area contributed by atoms with Gasteiger partial charge in [-0.05, 0) is 30.2 Å². The monoisotopic (exact) mass is 261 g/mol. The highest BCUT2D eigenvalue weighted by Gasteiger charge is 2.32. The van der Waals surface area contributed by atoms with Crippen LogP contribution < -0.4 is 0 Å². The number of allylic oxidation sites excluding steroid dienone is 1. The third-order valence-corrected chi connectivity index (χ3v) is 3.93. The molecule has 0 N–H and O–H groups in total. The Hall–Kier alpha value is -2.15. The molecule has 1 aliphatic heterocycles. The van der Waals surface area contributed by atoms with Crippen molar-refractivity contribution in [2.75, 3.05) is 0 Å². The minimum atomic E-state index is -0.0169. The Labute approximate surface area is 120 Å². The second kappa shape index (κ2) is 4.75. The van der Waals surface area contributed by atoms with Crippen LogP contribution in [0.2, 0.25) is 0 Å². The molecule has 0 aliphatic carbocycles. The summed E-state index contributed by atoms with van der Waals surface area (Å²) in [7, 11) is 0. The van der Waals surface area contributed by atoms with E-state index in [1.54, 1.807) is 0 Å². The van der Waals surface area contributed by atoms with Crippen molar-refractivity contribution < 1.29 is 0 Å². The summed E-state index contributed by atoms with van der Waals surface area (Å²) in [6.45, 7) is 6.58. The normalized spacial score (nSPS) is 16.2. The zero-order chi connectivity index (χ0) is 14.2. The summed E-state index contributed by atoms with van der Waals surface area (Å²) in [4.78, 5) is 4.77. The molecule has 1 heteroatoms. The molecule has 1 heterocycles. The quantitative estimate of drug-likeness (QED) is 0.715. The van der Waals surface area contributed by atoms with Gasteiger partial charge in [-0.2, -0.15) is 0 Å². The lowest BCUT2D eigenvalue weighted by atomic mass is 9.81. The molecule has 0 radical (unpaired) electrons. The van der Waals surface area contributed by atoms with Crippen LogP contribution in [0, 0.1) is 6.92 Å². The van der Waals surface area contributed by atoms with Gasteiger partial charge in [-0.1, -0.05) is 68.0 Å². The largest absolute Gasteiger partial charge is 0.252 e. The minimum absolute atomic E-state index is 0.0169. The van der Waals surface area contributed by atoms with Gasteiger partial charge in [-0.15, -0.1) is 0 Å². The standard InChI is InChI=1S/C19H19N/c1-14-7-6-8-15(13-14)11-12-18-19(2,3)16-9-4-5-10-17(16)20-18/h4-13H,1-3H3/b12-11+. The van der Waals surface area contributed by atoms with Crippen molar-refractivity contribution in [3.05, 3.63) is 71.3 Å². The number of aryl methyl sites for hydroxylation is 1. The Morgan fingerprint density at radius 1 is 0.950 bits per heavy atom. The maximum absolute atomic E-state index is 4.77. The van der Waals surface area contributed by atoms with Crippen LogP contribution in [0.25, 0.3) is 6.08 Å². The molecule has 2 aromatic rings. The number of rotatable bonds is 2. The molecular weight excluding hydrogens is 242 g/mol. The number of fused-ring (bicyclic) bond motifs is 1. The predicted octanol–water partition coefficient (Wildman–Crippen LogP) is 5.07. The number of hydrogen-bond acceptors (Lipinski definition) is 1. The van der Waals surface area contributed by atoms with Crippen molar-refractivity contribution >= 4 is 17.5 Å². The number of aliphatic imine (C=N–C) groups is 1. The van der Waals surface area contributed by atoms with Gasteiger partial charge in [-0.25, -0.2) is 0 Å². The highest BCUT2D eigenvalue weighted by Crippen LogP contribution is 2.40. The van der Waals surface area contributed by atoms with E-state index < -0.39 is 0 Å². The maximum Gasteiger partial charge on any atom is 0.0674 e. The van der Waals surface area contributed by atoms with Crippen LogP contribution in [0.4, 0.5) is 5.69 Å². The number of hydrogen-bond donors (Lipinski definition) is 0. The van der Waals surface area contributed by atoms with Gasteiger partial charge in [-0.3, -0.25) is 4.99 Å². The molecule has 0 saturated carbocycles. The molecule has 3 rings (SSSR count). The van der Waals surface area contributed by atoms with Gasteiger partial charge in [0.1, 0.15) is 0 Å². The van der Waals surface area contributed by atoms with Crippen LogP contribution >= 0.6 is 0 Å². The smallest absolute Gasteiger partial charge is 0.0674 e. The Balaban J connectivity index is 1.93. The lowest BCUT2D eigenvalue weighted by molar-refractivity contribution is 0.740. The van der Waals surface area contributed by atoms with Gasteiger partial charge < -0.3 is 0 Å². The molecule has 1 aliphatic rings. The molecule has 20 heavy (non-hydrogen) atoms. The van der Waals surface area contributed by atoms with E-state index in [1.165, 1.54) is 16.7 Å². The molecule has 0 unspecified atom stereocenters. The number of benzene rings is 2. The third-order valence-electron chi connectivity index (χ3n) is 3.93. The molecule has 1 nitrogen and oxygen atoms in total. The number of para-hydroxylation sites is 1. The molecule has 100 valence electrons. The average molecular weight is 261 g/mol. The summed E-state index contributed by atoms with van der Waals surface area (Å²) in [6.07, 6.45) is 4.30. The molecule has 0 amide bonds. The number of nitrogens with zero attached hydrogens (tertiary/aromatic N) is 1. The predicted molar refractivity (Wildman–Crippen MR) is 86.8 cm³/mol. The van der Waals surface area contributed by atoms with Crippen molar-refractivity contribution in [3.63, 3.8) is 0 Å². The Kier molecular flexibility index (Phi) is 3.06. The molecule has 2 aromatic carbocycles. The average Bonchev–Trinajstić information content (AvgIpc) is 2.68. The van der Waals surface area contributed by atoms with Crippen molar-refractivity contribution in [2.24, 2.45) is 4.99 Å². The molecule has 0 spiro atoms. The second-order valence-corrected chi connectivity index (χ2v) is 5.89. The lowest BCUT2D eigenvalue weighted by Gasteiger charge is -2.20. The summed E-state index contributed by atoms with van der Waals surface area (Å²) in [5.74, 6) is 0. The van der Waals surface area contributed by atoms with Gasteiger partial charge in [0.15, 0.2) is 0 Å². The van der Waals surface area contributed by atoms with E-state index >= 15 is 0 Å². The Morgan fingerprint density at radius 3 is 2.50 bits per heavy atom. The first-order valence-corrected chi connectivity index (χ1v) is 7.01. The van der Waals surface area contributed by atoms with Gasteiger partial charge in [0, 0.05) is 5.41 Å². The van der Waals surface area contributed by atoms with E-state index in [2.05, 4.69) is 75.4 Å². The van der Waals surface area contributed by atoms with Crippen molar-refractivity contribution in [1.29, 1.82) is 0 Å². The fourth-order valence-electron chi connectivity index (χ4n) is 2.70. The first kappa shape index (κ1) is 12.9. The fraction of sp³-hybridized carbons (Fsp3) is 0.211. The summed E-state index contributed by atoms with van der Waals surface area (Å²) < 4.78 is 0.